The minimum absolute atomic E-state index is 0.00475. The Morgan fingerprint density at radius 1 is 1.21 bits per heavy atom. The summed E-state index contributed by atoms with van der Waals surface area (Å²) in [5, 5.41) is 2.76. The smallest absolute Gasteiger partial charge is 0.244 e. The lowest BCUT2D eigenvalue weighted by Gasteiger charge is -2.32. The topological polar surface area (TPSA) is 69.7 Å². The molecule has 2 aliphatic heterocycles. The van der Waals surface area contributed by atoms with Crippen LogP contribution in [0.5, 0.6) is 0 Å². The number of benzene rings is 1. The Kier molecular flexibility index (Phi) is 4.83. The van der Waals surface area contributed by atoms with Crippen LogP contribution in [0.2, 0.25) is 0 Å². The van der Waals surface area contributed by atoms with E-state index in [9.17, 15) is 14.4 Å². The van der Waals surface area contributed by atoms with Crippen molar-refractivity contribution in [2.45, 2.75) is 32.6 Å². The number of fused-ring (bicyclic) bond motifs is 1. The van der Waals surface area contributed by atoms with E-state index in [1.165, 1.54) is 4.90 Å². The van der Waals surface area contributed by atoms with E-state index in [1.807, 2.05) is 17.0 Å². The van der Waals surface area contributed by atoms with E-state index in [1.54, 1.807) is 12.1 Å². The molecule has 1 unspecified atom stereocenters. The van der Waals surface area contributed by atoms with Gasteiger partial charge in [-0.2, -0.15) is 0 Å². The molecule has 0 radical (unpaired) electrons. The lowest BCUT2D eigenvalue weighted by molar-refractivity contribution is -0.134. The summed E-state index contributed by atoms with van der Waals surface area (Å²) in [5.41, 5.74) is 1.33. The van der Waals surface area contributed by atoms with Crippen LogP contribution in [-0.4, -0.2) is 42.3 Å². The first-order valence-electron chi connectivity index (χ1n) is 8.51. The first-order chi connectivity index (χ1) is 11.5. The number of rotatable bonds is 3. The molecule has 1 atom stereocenters. The summed E-state index contributed by atoms with van der Waals surface area (Å²) >= 11 is 0. The molecule has 1 aromatic rings. The van der Waals surface area contributed by atoms with E-state index in [4.69, 9.17) is 0 Å². The van der Waals surface area contributed by atoms with Crippen molar-refractivity contribution in [1.29, 1.82) is 0 Å². The van der Waals surface area contributed by atoms with Crippen LogP contribution in [0, 0.1) is 5.92 Å². The number of hydrogen-bond donors (Lipinski definition) is 1. The number of anilines is 2. The van der Waals surface area contributed by atoms with E-state index < -0.39 is 0 Å². The minimum Gasteiger partial charge on any atom is -0.342 e. The SMILES string of the molecule is CC1CCCN(C(=O)CCC(=O)N2CC(=O)Nc3ccccc32)C1. The van der Waals surface area contributed by atoms with Gasteiger partial charge in [0.05, 0.1) is 11.4 Å². The lowest BCUT2D eigenvalue weighted by Crippen LogP contribution is -2.43. The maximum atomic E-state index is 12.5. The second kappa shape index (κ2) is 7.03. The van der Waals surface area contributed by atoms with Crippen LogP contribution in [0.3, 0.4) is 0 Å². The van der Waals surface area contributed by atoms with Crippen molar-refractivity contribution in [3.05, 3.63) is 24.3 Å². The summed E-state index contributed by atoms with van der Waals surface area (Å²) in [5.74, 6) is 0.162. The molecular weight excluding hydrogens is 306 g/mol. The highest BCUT2D eigenvalue weighted by Gasteiger charge is 2.27. The molecule has 2 aliphatic rings. The Morgan fingerprint density at radius 2 is 1.96 bits per heavy atom. The summed E-state index contributed by atoms with van der Waals surface area (Å²) in [6, 6.07) is 7.22. The van der Waals surface area contributed by atoms with Crippen molar-refractivity contribution in [1.82, 2.24) is 4.90 Å². The van der Waals surface area contributed by atoms with Gasteiger partial charge in [0.15, 0.2) is 0 Å². The molecule has 1 fully saturated rings. The van der Waals surface area contributed by atoms with Crippen molar-refractivity contribution in [3.63, 3.8) is 0 Å². The molecule has 3 amide bonds. The summed E-state index contributed by atoms with van der Waals surface area (Å²) < 4.78 is 0. The Labute approximate surface area is 141 Å². The summed E-state index contributed by atoms with van der Waals surface area (Å²) in [4.78, 5) is 40.0. The highest BCUT2D eigenvalue weighted by atomic mass is 16.2. The molecule has 2 heterocycles. The molecule has 128 valence electrons. The molecule has 0 aliphatic carbocycles. The number of likely N-dealkylation sites (tertiary alicyclic amines) is 1. The number of amides is 3. The first kappa shape index (κ1) is 16.5. The van der Waals surface area contributed by atoms with Gasteiger partial charge in [0.25, 0.3) is 0 Å². The first-order valence-corrected chi connectivity index (χ1v) is 8.51. The maximum absolute atomic E-state index is 12.5. The molecule has 0 bridgehead atoms. The van der Waals surface area contributed by atoms with Crippen LogP contribution in [0.15, 0.2) is 24.3 Å². The van der Waals surface area contributed by atoms with Crippen LogP contribution in [-0.2, 0) is 14.4 Å². The van der Waals surface area contributed by atoms with Crippen molar-refractivity contribution in [2.24, 2.45) is 5.92 Å². The van der Waals surface area contributed by atoms with E-state index in [2.05, 4.69) is 12.2 Å². The van der Waals surface area contributed by atoms with Gasteiger partial charge in [-0.1, -0.05) is 19.1 Å². The number of carbonyl (C=O) groups excluding carboxylic acids is 3. The third-order valence-electron chi connectivity index (χ3n) is 4.63. The lowest BCUT2D eigenvalue weighted by atomic mass is 10.00. The second-order valence-corrected chi connectivity index (χ2v) is 6.63. The van der Waals surface area contributed by atoms with Crippen molar-refractivity contribution in [2.75, 3.05) is 29.9 Å². The Bertz CT molecular complexity index is 659. The molecule has 3 rings (SSSR count). The maximum Gasteiger partial charge on any atom is 0.244 e. The van der Waals surface area contributed by atoms with E-state index in [0.29, 0.717) is 17.3 Å². The summed E-state index contributed by atoms with van der Waals surface area (Å²) in [7, 11) is 0. The summed E-state index contributed by atoms with van der Waals surface area (Å²) in [6.45, 7) is 3.72. The third kappa shape index (κ3) is 3.58. The normalized spacial score (nSPS) is 20.4. The van der Waals surface area contributed by atoms with Crippen LogP contribution in [0.4, 0.5) is 11.4 Å². The molecular formula is C18H23N3O3. The third-order valence-corrected chi connectivity index (χ3v) is 4.63. The zero-order valence-corrected chi connectivity index (χ0v) is 14.0. The largest absolute Gasteiger partial charge is 0.342 e. The molecule has 0 aromatic heterocycles. The molecule has 6 heteroatoms. The van der Waals surface area contributed by atoms with Crippen molar-refractivity contribution >= 4 is 29.1 Å². The van der Waals surface area contributed by atoms with Crippen LogP contribution < -0.4 is 10.2 Å². The van der Waals surface area contributed by atoms with Crippen LogP contribution in [0.25, 0.3) is 0 Å². The fourth-order valence-electron chi connectivity index (χ4n) is 3.38. The van der Waals surface area contributed by atoms with Crippen molar-refractivity contribution in [3.8, 4) is 0 Å². The van der Waals surface area contributed by atoms with E-state index >= 15 is 0 Å². The highest BCUT2D eigenvalue weighted by molar-refractivity contribution is 6.10. The highest BCUT2D eigenvalue weighted by Crippen LogP contribution is 2.29. The van der Waals surface area contributed by atoms with Gasteiger partial charge >= 0.3 is 0 Å². The van der Waals surface area contributed by atoms with Crippen LogP contribution >= 0.6 is 0 Å². The number of piperidine rings is 1. The quantitative estimate of drug-likeness (QED) is 0.922. The van der Waals surface area contributed by atoms with Crippen LogP contribution in [0.1, 0.15) is 32.6 Å². The fourth-order valence-corrected chi connectivity index (χ4v) is 3.38. The standard InChI is InChI=1S/C18H23N3O3/c1-13-5-4-10-20(11-13)17(23)8-9-18(24)21-12-16(22)19-14-6-2-3-7-15(14)21/h2-3,6-7,13H,4-5,8-12H2,1H3,(H,19,22). The van der Waals surface area contributed by atoms with Gasteiger partial charge in [0, 0.05) is 25.9 Å². The van der Waals surface area contributed by atoms with Gasteiger partial charge in [-0.25, -0.2) is 0 Å². The molecule has 0 spiro atoms. The van der Waals surface area contributed by atoms with Crippen molar-refractivity contribution < 1.29 is 14.4 Å². The number of para-hydroxylation sites is 2. The Hall–Kier alpha value is -2.37. The molecule has 6 nitrogen and oxygen atoms in total. The van der Waals surface area contributed by atoms with Gasteiger partial charge in [-0.3, -0.25) is 14.4 Å². The van der Waals surface area contributed by atoms with E-state index in [0.717, 1.165) is 25.9 Å². The van der Waals surface area contributed by atoms with Gasteiger partial charge in [0.2, 0.25) is 17.7 Å². The number of nitrogens with one attached hydrogen (secondary N) is 1. The predicted octanol–water partition coefficient (Wildman–Crippen LogP) is 2.01. The Balaban J connectivity index is 1.61. The monoisotopic (exact) mass is 329 g/mol. The second-order valence-electron chi connectivity index (χ2n) is 6.63. The number of carbonyl (C=O) groups is 3. The molecule has 0 saturated carbocycles. The molecule has 1 saturated heterocycles. The van der Waals surface area contributed by atoms with Gasteiger partial charge < -0.3 is 15.1 Å². The number of hydrogen-bond acceptors (Lipinski definition) is 3. The average molecular weight is 329 g/mol. The minimum atomic E-state index is -0.210. The predicted molar refractivity (Wildman–Crippen MR) is 91.6 cm³/mol. The van der Waals surface area contributed by atoms with Gasteiger partial charge in [0.1, 0.15) is 6.54 Å². The number of nitrogens with zero attached hydrogens (tertiary/aromatic N) is 2. The zero-order valence-electron chi connectivity index (χ0n) is 14.0. The molecule has 24 heavy (non-hydrogen) atoms. The Morgan fingerprint density at radius 3 is 2.75 bits per heavy atom. The fraction of sp³-hybridized carbons (Fsp3) is 0.500. The summed E-state index contributed by atoms with van der Waals surface area (Å²) in [6.07, 6.45) is 2.51. The van der Waals surface area contributed by atoms with Gasteiger partial charge in [-0.15, -0.1) is 0 Å². The molecule has 1 aromatic carbocycles. The zero-order chi connectivity index (χ0) is 17.1. The van der Waals surface area contributed by atoms with Gasteiger partial charge in [-0.05, 0) is 30.9 Å². The average Bonchev–Trinajstić information content (AvgIpc) is 2.58. The molecule has 1 N–H and O–H groups in total. The van der Waals surface area contributed by atoms with E-state index in [-0.39, 0.29) is 37.1 Å².